The number of hydrazine groups is 1. The zero-order chi connectivity index (χ0) is 16.3. The van der Waals surface area contributed by atoms with Crippen molar-refractivity contribution in [2.45, 2.75) is 72.8 Å². The van der Waals surface area contributed by atoms with Crippen LogP contribution in [0.25, 0.3) is 0 Å². The quantitative estimate of drug-likeness (QED) is 0.729. The zero-order valence-corrected chi connectivity index (χ0v) is 14.2. The van der Waals surface area contributed by atoms with Crippen LogP contribution < -0.4 is 10.9 Å². The molecule has 0 radical (unpaired) electrons. The Bertz CT molecular complexity index is 372. The molecule has 21 heavy (non-hydrogen) atoms. The molecule has 2 N–H and O–H groups in total. The van der Waals surface area contributed by atoms with Gasteiger partial charge in [-0.1, -0.05) is 20.8 Å². The van der Waals surface area contributed by atoms with Crippen molar-refractivity contribution in [3.63, 3.8) is 0 Å². The van der Waals surface area contributed by atoms with E-state index in [-0.39, 0.29) is 11.8 Å². The predicted octanol–water partition coefficient (Wildman–Crippen LogP) is 3.39. The highest BCUT2D eigenvalue weighted by Gasteiger charge is 2.32. The van der Waals surface area contributed by atoms with Crippen LogP contribution in [0.3, 0.4) is 0 Å². The lowest BCUT2D eigenvalue weighted by Crippen LogP contribution is -2.47. The minimum absolute atomic E-state index is 0.0152. The molecular formula is C16H30N2O3. The Hall–Kier alpha value is -1.26. The van der Waals surface area contributed by atoms with Crippen LogP contribution in [-0.4, -0.2) is 17.6 Å². The Morgan fingerprint density at radius 2 is 1.43 bits per heavy atom. The van der Waals surface area contributed by atoms with Crippen molar-refractivity contribution in [2.24, 2.45) is 17.3 Å². The molecule has 0 bridgehead atoms. The first kappa shape index (κ1) is 17.8. The molecule has 0 aliphatic heterocycles. The normalized spacial score (nSPS) is 23.3. The minimum Gasteiger partial charge on any atom is -0.443 e. The fraction of sp³-hybridized carbons (Fsp3) is 0.875. The summed E-state index contributed by atoms with van der Waals surface area (Å²) >= 11 is 0. The first-order valence-electron chi connectivity index (χ1n) is 7.78. The van der Waals surface area contributed by atoms with Gasteiger partial charge in [-0.25, -0.2) is 10.2 Å². The highest BCUT2D eigenvalue weighted by molar-refractivity contribution is 5.81. The van der Waals surface area contributed by atoms with Gasteiger partial charge in [0.1, 0.15) is 5.60 Å². The summed E-state index contributed by atoms with van der Waals surface area (Å²) in [5.74, 6) is 0.534. The zero-order valence-electron chi connectivity index (χ0n) is 14.2. The fourth-order valence-electron chi connectivity index (χ4n) is 2.74. The highest BCUT2D eigenvalue weighted by Crippen LogP contribution is 2.39. The van der Waals surface area contributed by atoms with Gasteiger partial charge in [0, 0.05) is 5.92 Å². The van der Waals surface area contributed by atoms with Crippen LogP contribution in [-0.2, 0) is 9.53 Å². The lowest BCUT2D eigenvalue weighted by atomic mass is 9.70. The van der Waals surface area contributed by atoms with Crippen LogP contribution >= 0.6 is 0 Å². The number of nitrogens with one attached hydrogen (secondary N) is 2. The van der Waals surface area contributed by atoms with Gasteiger partial charge in [0.15, 0.2) is 0 Å². The molecule has 5 nitrogen and oxygen atoms in total. The Morgan fingerprint density at radius 3 is 1.86 bits per heavy atom. The van der Waals surface area contributed by atoms with Gasteiger partial charge in [0.2, 0.25) is 5.91 Å². The second-order valence-corrected chi connectivity index (χ2v) is 8.03. The van der Waals surface area contributed by atoms with Crippen LogP contribution in [0.4, 0.5) is 4.79 Å². The van der Waals surface area contributed by atoms with E-state index in [1.165, 1.54) is 0 Å². The Labute approximate surface area is 128 Å². The first-order valence-corrected chi connectivity index (χ1v) is 7.78. The first-order chi connectivity index (χ1) is 9.49. The summed E-state index contributed by atoms with van der Waals surface area (Å²) in [6.07, 6.45) is 3.26. The van der Waals surface area contributed by atoms with E-state index in [1.54, 1.807) is 20.8 Å². The molecule has 0 aromatic carbocycles. The van der Waals surface area contributed by atoms with Gasteiger partial charge in [0.05, 0.1) is 0 Å². The molecule has 0 heterocycles. The summed E-state index contributed by atoms with van der Waals surface area (Å²) in [5.41, 5.74) is 4.51. The maximum Gasteiger partial charge on any atom is 0.426 e. The van der Waals surface area contributed by atoms with Gasteiger partial charge in [-0.15, -0.1) is 0 Å². The SMILES string of the molecule is CC(C)(C)OC(=O)NNC(=O)C1CCC(C(C)(C)C)CC1. The van der Waals surface area contributed by atoms with E-state index in [1.807, 2.05) is 0 Å². The molecule has 2 amide bonds. The third-order valence-corrected chi connectivity index (χ3v) is 4.01. The molecule has 0 aromatic rings. The topological polar surface area (TPSA) is 67.4 Å². The third-order valence-electron chi connectivity index (χ3n) is 4.01. The number of amides is 2. The van der Waals surface area contributed by atoms with Crippen molar-refractivity contribution >= 4 is 12.0 Å². The van der Waals surface area contributed by atoms with Crippen molar-refractivity contribution in [1.82, 2.24) is 10.9 Å². The molecule has 0 unspecified atom stereocenters. The van der Waals surface area contributed by atoms with Crippen molar-refractivity contribution in [3.8, 4) is 0 Å². The maximum absolute atomic E-state index is 12.0. The summed E-state index contributed by atoms with van der Waals surface area (Å²) in [7, 11) is 0. The van der Waals surface area contributed by atoms with Gasteiger partial charge in [-0.2, -0.15) is 0 Å². The van der Waals surface area contributed by atoms with Gasteiger partial charge >= 0.3 is 6.09 Å². The molecule has 1 saturated carbocycles. The standard InChI is InChI=1S/C16H30N2O3/c1-15(2,3)12-9-7-11(8-10-12)13(19)17-18-14(20)21-16(4,5)6/h11-12H,7-10H2,1-6H3,(H,17,19)(H,18,20). The van der Waals surface area contributed by atoms with Gasteiger partial charge < -0.3 is 4.74 Å². The van der Waals surface area contributed by atoms with Crippen LogP contribution in [0.5, 0.6) is 0 Å². The average molecular weight is 298 g/mol. The molecule has 0 aromatic heterocycles. The molecular weight excluding hydrogens is 268 g/mol. The van der Waals surface area contributed by atoms with Crippen LogP contribution in [0, 0.1) is 17.3 Å². The summed E-state index contributed by atoms with van der Waals surface area (Å²) in [6, 6.07) is 0. The highest BCUT2D eigenvalue weighted by atomic mass is 16.6. The molecule has 0 atom stereocenters. The van der Waals surface area contributed by atoms with Gasteiger partial charge in [-0.05, 0) is 57.8 Å². The van der Waals surface area contributed by atoms with Gasteiger partial charge in [-0.3, -0.25) is 10.2 Å². The summed E-state index contributed by atoms with van der Waals surface area (Å²) in [5, 5.41) is 0. The summed E-state index contributed by atoms with van der Waals surface area (Å²) in [6.45, 7) is 12.1. The van der Waals surface area contributed by atoms with Crippen molar-refractivity contribution in [1.29, 1.82) is 0 Å². The Kier molecular flexibility index (Phi) is 5.65. The van der Waals surface area contributed by atoms with E-state index in [4.69, 9.17) is 4.74 Å². The monoisotopic (exact) mass is 298 g/mol. The van der Waals surface area contributed by atoms with Crippen LogP contribution in [0.1, 0.15) is 67.2 Å². The summed E-state index contributed by atoms with van der Waals surface area (Å²) in [4.78, 5) is 23.5. The van der Waals surface area contributed by atoms with Crippen LogP contribution in [0.2, 0.25) is 0 Å². The number of hydrogen-bond donors (Lipinski definition) is 2. The fourth-order valence-corrected chi connectivity index (χ4v) is 2.74. The lowest BCUT2D eigenvalue weighted by molar-refractivity contribution is -0.127. The molecule has 5 heteroatoms. The van der Waals surface area contributed by atoms with Crippen LogP contribution in [0.15, 0.2) is 0 Å². The molecule has 0 spiro atoms. The summed E-state index contributed by atoms with van der Waals surface area (Å²) < 4.78 is 5.07. The average Bonchev–Trinajstić information content (AvgIpc) is 2.33. The minimum atomic E-state index is -0.626. The molecule has 1 fully saturated rings. The predicted molar refractivity (Wildman–Crippen MR) is 82.4 cm³/mol. The lowest BCUT2D eigenvalue weighted by Gasteiger charge is -2.36. The molecule has 0 saturated heterocycles. The van der Waals surface area contributed by atoms with Crippen molar-refractivity contribution in [2.75, 3.05) is 0 Å². The maximum atomic E-state index is 12.0. The molecule has 1 aliphatic carbocycles. The second-order valence-electron chi connectivity index (χ2n) is 8.03. The third kappa shape index (κ3) is 6.36. The Morgan fingerprint density at radius 1 is 0.905 bits per heavy atom. The van der Waals surface area contributed by atoms with E-state index >= 15 is 0 Å². The van der Waals surface area contributed by atoms with E-state index in [0.29, 0.717) is 11.3 Å². The van der Waals surface area contributed by atoms with E-state index in [2.05, 4.69) is 31.6 Å². The Balaban J connectivity index is 2.33. The van der Waals surface area contributed by atoms with Crippen molar-refractivity contribution < 1.29 is 14.3 Å². The number of ether oxygens (including phenoxy) is 1. The van der Waals surface area contributed by atoms with E-state index in [0.717, 1.165) is 25.7 Å². The molecule has 1 aliphatic rings. The number of hydrogen-bond acceptors (Lipinski definition) is 3. The largest absolute Gasteiger partial charge is 0.443 e. The van der Waals surface area contributed by atoms with Crippen molar-refractivity contribution in [3.05, 3.63) is 0 Å². The number of rotatable bonds is 1. The smallest absolute Gasteiger partial charge is 0.426 e. The second kappa shape index (κ2) is 6.67. The van der Waals surface area contributed by atoms with E-state index < -0.39 is 11.7 Å². The molecule has 1 rings (SSSR count). The van der Waals surface area contributed by atoms with Gasteiger partial charge in [0.25, 0.3) is 0 Å². The number of carbonyl (C=O) groups is 2. The number of carbonyl (C=O) groups excluding carboxylic acids is 2. The van der Waals surface area contributed by atoms with E-state index in [9.17, 15) is 9.59 Å². The molecule has 122 valence electrons.